The van der Waals surface area contributed by atoms with Gasteiger partial charge in [-0.1, -0.05) is 40.2 Å². The monoisotopic (exact) mass is 320 g/mol. The van der Waals surface area contributed by atoms with Gasteiger partial charge in [0.1, 0.15) is 5.82 Å². The van der Waals surface area contributed by atoms with Gasteiger partial charge in [0.05, 0.1) is 0 Å². The lowest BCUT2D eigenvalue weighted by Gasteiger charge is -2.14. The van der Waals surface area contributed by atoms with E-state index in [-0.39, 0.29) is 10.6 Å². The molecule has 0 saturated heterocycles. The molecule has 100 valence electrons. The summed E-state index contributed by atoms with van der Waals surface area (Å²) in [4.78, 5) is 0.144. The van der Waals surface area contributed by atoms with Crippen LogP contribution in [0.5, 0.6) is 0 Å². The highest BCUT2D eigenvalue weighted by atomic mass is 79.9. The zero-order valence-electron chi connectivity index (χ0n) is 11.5. The lowest BCUT2D eigenvalue weighted by Crippen LogP contribution is -1.99. The number of aryl methyl sites for hydroxylation is 3. The molecular weight excluding hydrogens is 303 g/mol. The Balaban J connectivity index is 2.22. The van der Waals surface area contributed by atoms with E-state index in [4.69, 9.17) is 0 Å². The average Bonchev–Trinajstić information content (AvgIpc) is 2.36. The molecule has 2 rings (SSSR count). The molecule has 1 atom stereocenters. The summed E-state index contributed by atoms with van der Waals surface area (Å²) < 4.78 is 13.3. The van der Waals surface area contributed by atoms with E-state index >= 15 is 0 Å². The molecule has 0 bridgehead atoms. The van der Waals surface area contributed by atoms with Crippen molar-refractivity contribution in [1.82, 2.24) is 0 Å². The number of rotatable bonds is 3. The molecule has 1 unspecified atom stereocenters. The molecule has 0 aliphatic carbocycles. The summed E-state index contributed by atoms with van der Waals surface area (Å²) in [5.41, 5.74) is 6.02. The van der Waals surface area contributed by atoms with Crippen molar-refractivity contribution in [2.75, 3.05) is 0 Å². The van der Waals surface area contributed by atoms with E-state index in [9.17, 15) is 4.39 Å². The molecule has 2 aromatic rings. The first-order chi connectivity index (χ1) is 8.97. The Hall–Kier alpha value is -1.15. The Morgan fingerprint density at radius 1 is 0.947 bits per heavy atom. The van der Waals surface area contributed by atoms with Crippen molar-refractivity contribution in [3.8, 4) is 0 Å². The Morgan fingerprint density at radius 2 is 1.63 bits per heavy atom. The smallest absolute Gasteiger partial charge is 0.123 e. The predicted octanol–water partition coefficient (Wildman–Crippen LogP) is 5.43. The van der Waals surface area contributed by atoms with Crippen molar-refractivity contribution in [2.45, 2.75) is 32.0 Å². The minimum Gasteiger partial charge on any atom is -0.207 e. The molecule has 0 amide bonds. The van der Waals surface area contributed by atoms with Gasteiger partial charge >= 0.3 is 0 Å². The van der Waals surface area contributed by atoms with Gasteiger partial charge in [-0.05, 0) is 67.1 Å². The fourth-order valence-corrected chi connectivity index (χ4v) is 3.06. The van der Waals surface area contributed by atoms with Crippen LogP contribution in [0.25, 0.3) is 0 Å². The van der Waals surface area contributed by atoms with Crippen LogP contribution >= 0.6 is 15.9 Å². The van der Waals surface area contributed by atoms with Crippen LogP contribution in [-0.4, -0.2) is 0 Å². The van der Waals surface area contributed by atoms with Gasteiger partial charge in [-0.3, -0.25) is 0 Å². The molecule has 0 nitrogen and oxygen atoms in total. The van der Waals surface area contributed by atoms with Crippen molar-refractivity contribution in [3.63, 3.8) is 0 Å². The van der Waals surface area contributed by atoms with Crippen molar-refractivity contribution in [2.24, 2.45) is 0 Å². The summed E-state index contributed by atoms with van der Waals surface area (Å²) in [6.07, 6.45) is 0.866. The molecule has 19 heavy (non-hydrogen) atoms. The maximum Gasteiger partial charge on any atom is 0.123 e. The van der Waals surface area contributed by atoms with Gasteiger partial charge in [-0.25, -0.2) is 4.39 Å². The van der Waals surface area contributed by atoms with Crippen LogP contribution in [0.1, 0.15) is 32.6 Å². The Labute approximate surface area is 122 Å². The molecule has 0 aliphatic rings. The molecule has 2 aromatic carbocycles. The number of alkyl halides is 1. The van der Waals surface area contributed by atoms with Crippen LogP contribution in [0, 0.1) is 26.6 Å². The first kappa shape index (κ1) is 14.3. The van der Waals surface area contributed by atoms with Crippen LogP contribution < -0.4 is 0 Å². The van der Waals surface area contributed by atoms with E-state index in [0.29, 0.717) is 0 Å². The summed E-state index contributed by atoms with van der Waals surface area (Å²) in [7, 11) is 0. The largest absolute Gasteiger partial charge is 0.207 e. The van der Waals surface area contributed by atoms with Crippen molar-refractivity contribution < 1.29 is 4.39 Å². The first-order valence-corrected chi connectivity index (χ1v) is 7.35. The second kappa shape index (κ2) is 5.87. The van der Waals surface area contributed by atoms with Crippen LogP contribution in [0.15, 0.2) is 36.4 Å². The third kappa shape index (κ3) is 3.44. The molecule has 0 saturated carbocycles. The molecular formula is C17H18BrF. The number of benzene rings is 2. The minimum absolute atomic E-state index is 0.144. The molecule has 0 spiro atoms. The van der Waals surface area contributed by atoms with E-state index in [2.05, 4.69) is 48.0 Å². The Bertz CT molecular complexity index is 590. The van der Waals surface area contributed by atoms with Crippen LogP contribution in [-0.2, 0) is 6.42 Å². The topological polar surface area (TPSA) is 0 Å². The maximum absolute atomic E-state index is 13.3. The zero-order valence-corrected chi connectivity index (χ0v) is 13.1. The van der Waals surface area contributed by atoms with Gasteiger partial charge < -0.3 is 0 Å². The third-order valence-electron chi connectivity index (χ3n) is 3.56. The lowest BCUT2D eigenvalue weighted by molar-refractivity contribution is 0.624. The quantitative estimate of drug-likeness (QED) is 0.661. The molecule has 0 heterocycles. The van der Waals surface area contributed by atoms with E-state index in [1.165, 1.54) is 22.8 Å². The van der Waals surface area contributed by atoms with Crippen molar-refractivity contribution >= 4 is 15.9 Å². The minimum atomic E-state index is -0.176. The van der Waals surface area contributed by atoms with Gasteiger partial charge in [0.2, 0.25) is 0 Å². The van der Waals surface area contributed by atoms with Crippen molar-refractivity contribution in [1.29, 1.82) is 0 Å². The number of halogens is 2. The van der Waals surface area contributed by atoms with Gasteiger partial charge in [-0.15, -0.1) is 0 Å². The van der Waals surface area contributed by atoms with E-state index < -0.39 is 0 Å². The second-order valence-electron chi connectivity index (χ2n) is 5.09. The average molecular weight is 321 g/mol. The van der Waals surface area contributed by atoms with Crippen LogP contribution in [0.2, 0.25) is 0 Å². The van der Waals surface area contributed by atoms with Crippen LogP contribution in [0.4, 0.5) is 4.39 Å². The normalized spacial score (nSPS) is 12.5. The highest BCUT2D eigenvalue weighted by Crippen LogP contribution is 2.30. The first-order valence-electron chi connectivity index (χ1n) is 6.43. The van der Waals surface area contributed by atoms with Gasteiger partial charge in [0.15, 0.2) is 0 Å². The lowest BCUT2D eigenvalue weighted by atomic mass is 9.98. The molecule has 0 fully saturated rings. The molecule has 2 heteroatoms. The van der Waals surface area contributed by atoms with Gasteiger partial charge in [0.25, 0.3) is 0 Å². The van der Waals surface area contributed by atoms with Gasteiger partial charge in [0, 0.05) is 4.83 Å². The molecule has 0 radical (unpaired) electrons. The SMILES string of the molecule is Cc1ccc(CC(Br)c2cc(F)ccc2C)cc1C. The summed E-state index contributed by atoms with van der Waals surface area (Å²) in [5, 5.41) is 0. The third-order valence-corrected chi connectivity index (χ3v) is 4.38. The van der Waals surface area contributed by atoms with Crippen molar-refractivity contribution in [3.05, 3.63) is 70.0 Å². The fraction of sp³-hybridized carbons (Fsp3) is 0.294. The predicted molar refractivity (Wildman–Crippen MR) is 82.4 cm³/mol. The molecule has 0 N–H and O–H groups in total. The van der Waals surface area contributed by atoms with E-state index in [0.717, 1.165) is 17.5 Å². The van der Waals surface area contributed by atoms with E-state index in [1.54, 1.807) is 6.07 Å². The summed E-state index contributed by atoms with van der Waals surface area (Å²) in [6.45, 7) is 6.25. The fourth-order valence-electron chi connectivity index (χ4n) is 2.20. The summed E-state index contributed by atoms with van der Waals surface area (Å²) >= 11 is 3.68. The highest BCUT2D eigenvalue weighted by molar-refractivity contribution is 9.09. The standard InChI is InChI=1S/C17H18BrF/c1-11-4-6-14(8-13(11)3)9-17(18)16-10-15(19)7-5-12(16)2/h4-8,10,17H,9H2,1-3H3. The maximum atomic E-state index is 13.3. The second-order valence-corrected chi connectivity index (χ2v) is 6.20. The van der Waals surface area contributed by atoms with E-state index in [1.807, 2.05) is 13.0 Å². The Kier molecular flexibility index (Phi) is 4.41. The molecule has 0 aliphatic heterocycles. The molecule has 0 aromatic heterocycles. The van der Waals surface area contributed by atoms with Crippen LogP contribution in [0.3, 0.4) is 0 Å². The Morgan fingerprint density at radius 3 is 2.32 bits per heavy atom. The van der Waals surface area contributed by atoms with Gasteiger partial charge in [-0.2, -0.15) is 0 Å². The number of hydrogen-bond acceptors (Lipinski definition) is 0. The summed E-state index contributed by atoms with van der Waals surface area (Å²) in [6, 6.07) is 11.5. The highest BCUT2D eigenvalue weighted by Gasteiger charge is 2.12. The number of hydrogen-bond donors (Lipinski definition) is 0. The zero-order chi connectivity index (χ0) is 14.0. The summed E-state index contributed by atoms with van der Waals surface area (Å²) in [5.74, 6) is -0.176.